The standard InChI is InChI=1S/C40H68N2/c1-5-15-32(16-6-1)41(33-17-7-2-8-18-33)36-26-30-25-24-29-14-13-23-37-38(28-31(27-36)39(30)40(29)37)42(34-19-9-3-10-20-34)35-21-11-4-12-22-35/h29-40H,1-28H2. The van der Waals surface area contributed by atoms with E-state index in [1.807, 2.05) is 0 Å². The minimum absolute atomic E-state index is 0.928. The molecule has 0 aromatic carbocycles. The molecule has 8 atom stereocenters. The summed E-state index contributed by atoms with van der Waals surface area (Å²) in [7, 11) is 0. The van der Waals surface area contributed by atoms with Crippen LogP contribution in [0.3, 0.4) is 0 Å². The average molecular weight is 577 g/mol. The third-order valence-electron chi connectivity index (χ3n) is 15.6. The van der Waals surface area contributed by atoms with E-state index in [-0.39, 0.29) is 0 Å². The Morgan fingerprint density at radius 2 is 0.762 bits per heavy atom. The van der Waals surface area contributed by atoms with Gasteiger partial charge >= 0.3 is 0 Å². The van der Waals surface area contributed by atoms with E-state index in [1.54, 1.807) is 51.4 Å². The number of rotatable bonds is 6. The largest absolute Gasteiger partial charge is 0.294 e. The van der Waals surface area contributed by atoms with Gasteiger partial charge in [-0.2, -0.15) is 0 Å². The molecule has 0 radical (unpaired) electrons. The maximum absolute atomic E-state index is 3.38. The predicted octanol–water partition coefficient (Wildman–Crippen LogP) is 10.5. The van der Waals surface area contributed by atoms with Crippen molar-refractivity contribution < 1.29 is 0 Å². The predicted molar refractivity (Wildman–Crippen MR) is 177 cm³/mol. The van der Waals surface area contributed by atoms with E-state index in [2.05, 4.69) is 9.80 Å². The summed E-state index contributed by atoms with van der Waals surface area (Å²) in [6.07, 6.45) is 43.2. The molecule has 0 aromatic rings. The smallest absolute Gasteiger partial charge is 0.0135 e. The Hall–Kier alpha value is -0.0800. The molecule has 42 heavy (non-hydrogen) atoms. The third-order valence-corrected chi connectivity index (χ3v) is 15.6. The van der Waals surface area contributed by atoms with Gasteiger partial charge in [-0.15, -0.1) is 0 Å². The quantitative estimate of drug-likeness (QED) is 0.310. The van der Waals surface area contributed by atoms with E-state index in [0.29, 0.717) is 0 Å². The van der Waals surface area contributed by atoms with Crippen molar-refractivity contribution in [3.63, 3.8) is 0 Å². The topological polar surface area (TPSA) is 6.48 Å². The summed E-state index contributed by atoms with van der Waals surface area (Å²) in [5.74, 6) is 6.49. The van der Waals surface area contributed by atoms with Crippen molar-refractivity contribution in [1.82, 2.24) is 9.80 Å². The van der Waals surface area contributed by atoms with E-state index >= 15 is 0 Å². The normalized spacial score (nSPS) is 43.0. The fraction of sp³-hybridized carbons (Fsp3) is 1.00. The van der Waals surface area contributed by atoms with E-state index < -0.39 is 0 Å². The molecule has 0 heterocycles. The van der Waals surface area contributed by atoms with Crippen molar-refractivity contribution in [2.45, 2.75) is 216 Å². The van der Waals surface area contributed by atoms with E-state index in [4.69, 9.17) is 0 Å². The Labute approximate surface area is 260 Å². The van der Waals surface area contributed by atoms with Crippen molar-refractivity contribution in [3.05, 3.63) is 0 Å². The number of hydrogen-bond acceptors (Lipinski definition) is 2. The summed E-state index contributed by atoms with van der Waals surface area (Å²) in [6, 6.07) is 5.61. The minimum Gasteiger partial charge on any atom is -0.294 e. The molecule has 8 aliphatic rings. The minimum atomic E-state index is 0.928. The molecule has 2 nitrogen and oxygen atoms in total. The van der Waals surface area contributed by atoms with Gasteiger partial charge in [-0.25, -0.2) is 0 Å². The highest BCUT2D eigenvalue weighted by molar-refractivity contribution is 5.09. The van der Waals surface area contributed by atoms with Gasteiger partial charge in [0.05, 0.1) is 0 Å². The van der Waals surface area contributed by atoms with Crippen LogP contribution in [-0.2, 0) is 0 Å². The fourth-order valence-electron chi connectivity index (χ4n) is 14.2. The molecule has 8 aliphatic carbocycles. The highest BCUT2D eigenvalue weighted by atomic mass is 15.2. The lowest BCUT2D eigenvalue weighted by molar-refractivity contribution is -0.147. The molecule has 0 amide bonds. The van der Waals surface area contributed by atoms with E-state index in [0.717, 1.165) is 71.8 Å². The van der Waals surface area contributed by atoms with Gasteiger partial charge in [0.15, 0.2) is 0 Å². The van der Waals surface area contributed by atoms with Crippen LogP contribution >= 0.6 is 0 Å². The molecule has 0 bridgehead atoms. The van der Waals surface area contributed by atoms with Crippen molar-refractivity contribution in [2.24, 2.45) is 35.5 Å². The zero-order valence-corrected chi connectivity index (χ0v) is 27.6. The SMILES string of the molecule is C1CCC(N(C2CCCCC2)C2CC3CCC4CCCC5C4C3C(C2)CC5N(C2CCCCC2)C2CCCCC2)CC1. The maximum Gasteiger partial charge on any atom is 0.0135 e. The Bertz CT molecular complexity index is 810. The Morgan fingerprint density at radius 1 is 0.286 bits per heavy atom. The average Bonchev–Trinajstić information content (AvgIpc) is 3.06. The van der Waals surface area contributed by atoms with Gasteiger partial charge in [-0.05, 0) is 125 Å². The first-order chi connectivity index (χ1) is 20.8. The van der Waals surface area contributed by atoms with Gasteiger partial charge in [-0.1, -0.05) is 89.9 Å². The Kier molecular flexibility index (Phi) is 9.32. The summed E-state index contributed by atoms with van der Waals surface area (Å²) in [5.41, 5.74) is 0. The molecule has 8 saturated carbocycles. The second-order valence-electron chi connectivity index (χ2n) is 17.6. The zero-order valence-electron chi connectivity index (χ0n) is 27.6. The molecule has 238 valence electrons. The van der Waals surface area contributed by atoms with Crippen LogP contribution in [0.1, 0.15) is 180 Å². The van der Waals surface area contributed by atoms with Crippen molar-refractivity contribution in [3.8, 4) is 0 Å². The van der Waals surface area contributed by atoms with Crippen LogP contribution in [0.25, 0.3) is 0 Å². The highest BCUT2D eigenvalue weighted by Crippen LogP contribution is 2.62. The number of hydrogen-bond donors (Lipinski definition) is 0. The van der Waals surface area contributed by atoms with Crippen LogP contribution in [0.15, 0.2) is 0 Å². The Balaban J connectivity index is 1.11. The first kappa shape index (κ1) is 29.3. The van der Waals surface area contributed by atoms with Crippen molar-refractivity contribution in [1.29, 1.82) is 0 Å². The number of nitrogens with zero attached hydrogens (tertiary/aromatic N) is 2. The lowest BCUT2D eigenvalue weighted by Gasteiger charge is -2.64. The molecule has 0 aromatic heterocycles. The second kappa shape index (κ2) is 13.3. The fourth-order valence-corrected chi connectivity index (χ4v) is 14.2. The maximum atomic E-state index is 3.38. The Morgan fingerprint density at radius 3 is 1.31 bits per heavy atom. The molecule has 0 spiro atoms. The first-order valence-corrected chi connectivity index (χ1v) is 20.4. The monoisotopic (exact) mass is 577 g/mol. The molecule has 0 aliphatic heterocycles. The van der Waals surface area contributed by atoms with Gasteiger partial charge < -0.3 is 0 Å². The molecule has 8 rings (SSSR count). The second-order valence-corrected chi connectivity index (χ2v) is 17.6. The lowest BCUT2D eigenvalue weighted by Crippen LogP contribution is -2.64. The molecule has 8 fully saturated rings. The van der Waals surface area contributed by atoms with Gasteiger partial charge in [0.25, 0.3) is 0 Å². The van der Waals surface area contributed by atoms with Gasteiger partial charge in [0.1, 0.15) is 0 Å². The van der Waals surface area contributed by atoms with Crippen molar-refractivity contribution >= 4 is 0 Å². The first-order valence-electron chi connectivity index (χ1n) is 20.4. The molecule has 8 unspecified atom stereocenters. The van der Waals surface area contributed by atoms with E-state index in [9.17, 15) is 0 Å². The van der Waals surface area contributed by atoms with Crippen LogP contribution in [0, 0.1) is 35.5 Å². The lowest BCUT2D eigenvalue weighted by atomic mass is 9.46. The summed E-state index contributed by atoms with van der Waals surface area (Å²) < 4.78 is 0. The van der Waals surface area contributed by atoms with Gasteiger partial charge in [0.2, 0.25) is 0 Å². The highest BCUT2D eigenvalue weighted by Gasteiger charge is 2.58. The van der Waals surface area contributed by atoms with Crippen LogP contribution in [0.4, 0.5) is 0 Å². The summed E-state index contributed by atoms with van der Waals surface area (Å²) in [5, 5.41) is 0. The van der Waals surface area contributed by atoms with Crippen molar-refractivity contribution in [2.75, 3.05) is 0 Å². The van der Waals surface area contributed by atoms with Crippen LogP contribution in [0.5, 0.6) is 0 Å². The molecular weight excluding hydrogens is 508 g/mol. The van der Waals surface area contributed by atoms with E-state index in [1.165, 1.54) is 128 Å². The third kappa shape index (κ3) is 5.71. The summed E-state index contributed by atoms with van der Waals surface area (Å²) in [6.45, 7) is 0. The molecular formula is C40H68N2. The molecule has 2 heteroatoms. The van der Waals surface area contributed by atoms with Crippen LogP contribution < -0.4 is 0 Å². The van der Waals surface area contributed by atoms with Crippen LogP contribution in [-0.4, -0.2) is 46.1 Å². The molecule has 0 N–H and O–H groups in total. The van der Waals surface area contributed by atoms with Crippen LogP contribution in [0.2, 0.25) is 0 Å². The van der Waals surface area contributed by atoms with Gasteiger partial charge in [-0.3, -0.25) is 9.80 Å². The zero-order chi connectivity index (χ0) is 27.9. The summed E-state index contributed by atoms with van der Waals surface area (Å²) >= 11 is 0. The molecule has 0 saturated heterocycles. The summed E-state index contributed by atoms with van der Waals surface area (Å²) in [4.78, 5) is 6.71. The van der Waals surface area contributed by atoms with Gasteiger partial charge in [0, 0.05) is 36.3 Å².